The van der Waals surface area contributed by atoms with Crippen molar-refractivity contribution in [3.8, 4) is 0 Å². The van der Waals surface area contributed by atoms with Gasteiger partial charge in [-0.15, -0.1) is 0 Å². The van der Waals surface area contributed by atoms with Crippen LogP contribution in [0.15, 0.2) is 18.2 Å². The monoisotopic (exact) mass is 362 g/mol. The molecule has 0 heterocycles. The summed E-state index contributed by atoms with van der Waals surface area (Å²) in [5.41, 5.74) is 0.137. The summed E-state index contributed by atoms with van der Waals surface area (Å²) in [4.78, 5) is 22.3. The van der Waals surface area contributed by atoms with E-state index in [4.69, 9.17) is 58.0 Å². The molecule has 1 rings (SSSR count). The van der Waals surface area contributed by atoms with Crippen molar-refractivity contribution in [3.05, 3.63) is 33.8 Å². The molecule has 19 heavy (non-hydrogen) atoms. The third kappa shape index (κ3) is 4.89. The van der Waals surface area contributed by atoms with Gasteiger partial charge in [-0.1, -0.05) is 58.0 Å². The molecule has 1 unspecified atom stereocenters. The van der Waals surface area contributed by atoms with E-state index < -0.39 is 15.9 Å². The van der Waals surface area contributed by atoms with Gasteiger partial charge in [0.05, 0.1) is 10.6 Å². The molecule has 0 aliphatic carbocycles. The Hall–Kier alpha value is -0.390. The molecule has 1 atom stereocenters. The van der Waals surface area contributed by atoms with E-state index in [0.29, 0.717) is 11.4 Å². The van der Waals surface area contributed by atoms with Gasteiger partial charge in [0.1, 0.15) is 6.17 Å². The molecule has 0 saturated heterocycles. The maximum absolute atomic E-state index is 11.9. The van der Waals surface area contributed by atoms with Gasteiger partial charge in [0.2, 0.25) is 10.2 Å². The highest BCUT2D eigenvalue weighted by Crippen LogP contribution is 2.29. The Kier molecular flexibility index (Phi) is 6.02. The van der Waals surface area contributed by atoms with Crippen molar-refractivity contribution < 1.29 is 9.59 Å². The molecule has 9 heteroatoms. The fourth-order valence-corrected chi connectivity index (χ4v) is 2.02. The van der Waals surface area contributed by atoms with Crippen molar-refractivity contribution in [3.63, 3.8) is 0 Å². The zero-order valence-electron chi connectivity index (χ0n) is 9.09. The molecule has 0 aliphatic heterocycles. The molecule has 0 fully saturated rings. The van der Waals surface area contributed by atoms with Gasteiger partial charge in [-0.3, -0.25) is 9.59 Å². The van der Waals surface area contributed by atoms with Crippen LogP contribution in [0.2, 0.25) is 10.0 Å². The molecule has 1 aromatic carbocycles. The number of rotatable bonds is 4. The average Bonchev–Trinajstić information content (AvgIpc) is 2.26. The molecular weight excluding hydrogens is 357 g/mol. The topological polar surface area (TPSA) is 58.2 Å². The maximum atomic E-state index is 11.9. The Morgan fingerprint density at radius 2 is 1.89 bits per heavy atom. The van der Waals surface area contributed by atoms with E-state index in [9.17, 15) is 9.59 Å². The third-order valence-corrected chi connectivity index (χ3v) is 3.22. The fourth-order valence-electron chi connectivity index (χ4n) is 1.17. The number of hydrogen-bond acceptors (Lipinski definition) is 2. The number of benzene rings is 1. The Morgan fingerprint density at radius 1 is 1.26 bits per heavy atom. The summed E-state index contributed by atoms with van der Waals surface area (Å²) in [6.07, 6.45) is -0.898. The highest BCUT2D eigenvalue weighted by molar-refractivity contribution is 6.68. The predicted octanol–water partition coefficient (Wildman–Crippen LogP) is 3.17. The van der Waals surface area contributed by atoms with Crippen LogP contribution in [0.1, 0.15) is 10.4 Å². The minimum atomic E-state index is -1.91. The second kappa shape index (κ2) is 6.86. The minimum absolute atomic E-state index is 0.137. The zero-order valence-corrected chi connectivity index (χ0v) is 12.9. The summed E-state index contributed by atoms with van der Waals surface area (Å²) in [6, 6.07) is 4.30. The molecule has 0 saturated carbocycles. The number of hydrogen-bond donors (Lipinski definition) is 2. The molecule has 4 nitrogen and oxygen atoms in total. The lowest BCUT2D eigenvalue weighted by molar-refractivity contribution is -0.110. The molecule has 2 amide bonds. The zero-order chi connectivity index (χ0) is 14.6. The number of carbonyl (C=O) groups is 2. The predicted molar refractivity (Wildman–Crippen MR) is 77.2 cm³/mol. The van der Waals surface area contributed by atoms with Crippen LogP contribution in [0, 0.1) is 0 Å². The summed E-state index contributed by atoms with van der Waals surface area (Å²) >= 11 is 28.4. The lowest BCUT2D eigenvalue weighted by atomic mass is 10.2. The van der Waals surface area contributed by atoms with Crippen molar-refractivity contribution >= 4 is 70.3 Å². The molecule has 104 valence electrons. The number of alkyl halides is 3. The fraction of sp³-hybridized carbons (Fsp3) is 0.200. The Bertz CT molecular complexity index is 489. The molecule has 0 bridgehead atoms. The summed E-state index contributed by atoms with van der Waals surface area (Å²) in [7, 11) is 0. The molecular formula is C10H7Cl5N2O2. The number of carbonyl (C=O) groups excluding carboxylic acids is 2. The van der Waals surface area contributed by atoms with Gasteiger partial charge in [-0.05, 0) is 18.2 Å². The summed E-state index contributed by atoms with van der Waals surface area (Å²) < 4.78 is -1.91. The first-order valence-electron chi connectivity index (χ1n) is 4.78. The van der Waals surface area contributed by atoms with Gasteiger partial charge in [0.15, 0.2) is 0 Å². The van der Waals surface area contributed by atoms with E-state index in [2.05, 4.69) is 10.6 Å². The van der Waals surface area contributed by atoms with Crippen LogP contribution in [0.4, 0.5) is 0 Å². The first-order chi connectivity index (χ1) is 8.75. The minimum Gasteiger partial charge on any atom is -0.335 e. The van der Waals surface area contributed by atoms with E-state index >= 15 is 0 Å². The van der Waals surface area contributed by atoms with Crippen LogP contribution in [0.25, 0.3) is 0 Å². The lowest BCUT2D eigenvalue weighted by Gasteiger charge is -2.24. The molecule has 2 N–H and O–H groups in total. The normalized spacial score (nSPS) is 12.7. The smallest absolute Gasteiger partial charge is 0.254 e. The summed E-state index contributed by atoms with van der Waals surface area (Å²) in [5.74, 6) is -0.618. The van der Waals surface area contributed by atoms with Crippen LogP contribution in [-0.4, -0.2) is 22.3 Å². The summed E-state index contributed by atoms with van der Waals surface area (Å²) in [6.45, 7) is 0. The van der Waals surface area contributed by atoms with Gasteiger partial charge in [-0.2, -0.15) is 0 Å². The number of nitrogens with one attached hydrogen (secondary N) is 2. The second-order valence-corrected chi connectivity index (χ2v) is 6.57. The quantitative estimate of drug-likeness (QED) is 0.490. The van der Waals surface area contributed by atoms with Crippen molar-refractivity contribution in [2.24, 2.45) is 0 Å². The van der Waals surface area contributed by atoms with E-state index in [1.807, 2.05) is 0 Å². The standard InChI is InChI=1S/C10H7Cl5N2O2/c11-5-1-2-6(7(12)3-5)8(19)17-9(16-4-18)10(13,14)15/h1-4,9H,(H,16,18)(H,17,19). The van der Waals surface area contributed by atoms with Gasteiger partial charge in [-0.25, -0.2) is 0 Å². The van der Waals surface area contributed by atoms with Crippen LogP contribution in [0.5, 0.6) is 0 Å². The number of amides is 2. The van der Waals surface area contributed by atoms with Crippen LogP contribution < -0.4 is 10.6 Å². The van der Waals surface area contributed by atoms with Crippen molar-refractivity contribution in [1.29, 1.82) is 0 Å². The molecule has 0 aliphatic rings. The van der Waals surface area contributed by atoms with E-state index in [1.165, 1.54) is 18.2 Å². The molecule has 0 spiro atoms. The highest BCUT2D eigenvalue weighted by Gasteiger charge is 2.34. The SMILES string of the molecule is O=CNC(NC(=O)c1ccc(Cl)cc1Cl)C(Cl)(Cl)Cl. The molecule has 0 aromatic heterocycles. The van der Waals surface area contributed by atoms with E-state index in [1.54, 1.807) is 0 Å². The van der Waals surface area contributed by atoms with Gasteiger partial charge in [0.25, 0.3) is 5.91 Å². The lowest BCUT2D eigenvalue weighted by Crippen LogP contribution is -2.52. The first-order valence-corrected chi connectivity index (χ1v) is 6.67. The summed E-state index contributed by atoms with van der Waals surface area (Å²) in [5, 5.41) is 5.02. The van der Waals surface area contributed by atoms with Gasteiger partial charge < -0.3 is 10.6 Å². The van der Waals surface area contributed by atoms with Gasteiger partial charge in [0, 0.05) is 5.02 Å². The Labute approximate surface area is 134 Å². The largest absolute Gasteiger partial charge is 0.335 e. The van der Waals surface area contributed by atoms with Crippen LogP contribution >= 0.6 is 58.0 Å². The van der Waals surface area contributed by atoms with Crippen molar-refractivity contribution in [1.82, 2.24) is 10.6 Å². The van der Waals surface area contributed by atoms with E-state index in [-0.39, 0.29) is 10.6 Å². The van der Waals surface area contributed by atoms with E-state index in [0.717, 1.165) is 0 Å². The second-order valence-electron chi connectivity index (χ2n) is 3.36. The van der Waals surface area contributed by atoms with Gasteiger partial charge >= 0.3 is 0 Å². The maximum Gasteiger partial charge on any atom is 0.254 e. The van der Waals surface area contributed by atoms with Crippen LogP contribution in [0.3, 0.4) is 0 Å². The Balaban J connectivity index is 2.91. The molecule has 1 aromatic rings. The number of halogens is 5. The highest BCUT2D eigenvalue weighted by atomic mass is 35.6. The van der Waals surface area contributed by atoms with Crippen molar-refractivity contribution in [2.75, 3.05) is 0 Å². The van der Waals surface area contributed by atoms with Crippen molar-refractivity contribution in [2.45, 2.75) is 9.96 Å². The molecule has 0 radical (unpaired) electrons. The Morgan fingerprint density at radius 3 is 2.37 bits per heavy atom. The first kappa shape index (κ1) is 16.7. The van der Waals surface area contributed by atoms with Crippen LogP contribution in [-0.2, 0) is 4.79 Å². The third-order valence-electron chi connectivity index (χ3n) is 2.01. The average molecular weight is 364 g/mol.